The van der Waals surface area contributed by atoms with Gasteiger partial charge in [-0.1, -0.05) is 13.8 Å². The van der Waals surface area contributed by atoms with Crippen molar-refractivity contribution in [2.24, 2.45) is 17.6 Å². The van der Waals surface area contributed by atoms with Gasteiger partial charge in [0.05, 0.1) is 6.61 Å². The second-order valence-electron chi connectivity index (χ2n) is 8.72. The van der Waals surface area contributed by atoms with Crippen LogP contribution in [-0.4, -0.2) is 55.6 Å². The summed E-state index contributed by atoms with van der Waals surface area (Å²) in [6.07, 6.45) is 2.65. The smallest absolute Gasteiger partial charge is 0.387 e. The summed E-state index contributed by atoms with van der Waals surface area (Å²) in [5.41, 5.74) is 6.03. The number of rotatable bonds is 10. The Morgan fingerprint density at radius 1 is 1.19 bits per heavy atom. The van der Waals surface area contributed by atoms with Crippen molar-refractivity contribution >= 4 is 17.5 Å². The van der Waals surface area contributed by atoms with Crippen LogP contribution in [0, 0.1) is 11.8 Å². The third kappa shape index (κ3) is 6.70. The first kappa shape index (κ1) is 23.1. The maximum absolute atomic E-state index is 12.8. The van der Waals surface area contributed by atoms with Crippen LogP contribution in [0.2, 0.25) is 0 Å². The second-order valence-corrected chi connectivity index (χ2v) is 8.72. The molecule has 2 aliphatic rings. The molecule has 1 aromatic carbocycles. The molecule has 0 aromatic heterocycles. The molecular weight excluding hydrogens is 408 g/mol. The Balaban J connectivity index is 1.76. The van der Waals surface area contributed by atoms with Gasteiger partial charge in [-0.05, 0) is 43.2 Å². The van der Waals surface area contributed by atoms with Gasteiger partial charge in [0.1, 0.15) is 6.42 Å². The van der Waals surface area contributed by atoms with Crippen molar-refractivity contribution in [3.8, 4) is 11.5 Å². The Bertz CT molecular complexity index is 786. The normalized spacial score (nSPS) is 19.1. The molecule has 0 radical (unpaired) electrons. The molecule has 1 saturated carbocycles. The Kier molecular flexibility index (Phi) is 7.56. The van der Waals surface area contributed by atoms with E-state index >= 15 is 0 Å². The Labute approximate surface area is 181 Å². The fourth-order valence-electron chi connectivity index (χ4n) is 3.91. The van der Waals surface area contributed by atoms with Gasteiger partial charge in [-0.3, -0.25) is 9.59 Å². The van der Waals surface area contributed by atoms with Crippen LogP contribution in [0.25, 0.3) is 0 Å². The van der Waals surface area contributed by atoms with Gasteiger partial charge in [-0.2, -0.15) is 8.78 Å². The van der Waals surface area contributed by atoms with Gasteiger partial charge in [-0.15, -0.1) is 0 Å². The SMILES string of the molecule is CC(C)CC1CN(c2ccc(OC(F)F)c(OCC3CC3)c2)CCN1C(=O)CC(N)=O. The topological polar surface area (TPSA) is 85.1 Å². The fourth-order valence-corrected chi connectivity index (χ4v) is 3.91. The van der Waals surface area contributed by atoms with Gasteiger partial charge >= 0.3 is 6.61 Å². The minimum atomic E-state index is -2.93. The molecule has 1 heterocycles. The Hall–Kier alpha value is -2.58. The number of carbonyl (C=O) groups excluding carboxylic acids is 2. The summed E-state index contributed by atoms with van der Waals surface area (Å²) < 4.78 is 36.0. The van der Waals surface area contributed by atoms with Crippen LogP contribution in [0.15, 0.2) is 18.2 Å². The third-order valence-electron chi connectivity index (χ3n) is 5.55. The number of amides is 2. The first-order valence-corrected chi connectivity index (χ1v) is 10.8. The van der Waals surface area contributed by atoms with Crippen molar-refractivity contribution in [2.75, 3.05) is 31.1 Å². The number of benzene rings is 1. The van der Waals surface area contributed by atoms with E-state index in [1.54, 1.807) is 17.0 Å². The van der Waals surface area contributed by atoms with Crippen LogP contribution >= 0.6 is 0 Å². The number of hydrogen-bond donors (Lipinski definition) is 1. The Morgan fingerprint density at radius 3 is 2.55 bits per heavy atom. The molecule has 1 unspecified atom stereocenters. The largest absolute Gasteiger partial charge is 0.489 e. The van der Waals surface area contributed by atoms with E-state index in [9.17, 15) is 18.4 Å². The number of ether oxygens (including phenoxy) is 2. The van der Waals surface area contributed by atoms with Gasteiger partial charge in [-0.25, -0.2) is 0 Å². The zero-order chi connectivity index (χ0) is 22.5. The number of piperazine rings is 1. The highest BCUT2D eigenvalue weighted by Crippen LogP contribution is 2.37. The van der Waals surface area contributed by atoms with Gasteiger partial charge in [0.25, 0.3) is 0 Å². The first-order chi connectivity index (χ1) is 14.7. The van der Waals surface area contributed by atoms with Crippen LogP contribution in [0.5, 0.6) is 11.5 Å². The number of nitrogens with two attached hydrogens (primary N) is 1. The number of halogens is 2. The monoisotopic (exact) mass is 439 g/mol. The number of anilines is 1. The fraction of sp³-hybridized carbons (Fsp3) is 0.636. The lowest BCUT2D eigenvalue weighted by Crippen LogP contribution is -2.56. The van der Waals surface area contributed by atoms with Crippen LogP contribution in [-0.2, 0) is 9.59 Å². The summed E-state index contributed by atoms with van der Waals surface area (Å²) in [7, 11) is 0. The van der Waals surface area contributed by atoms with Crippen LogP contribution in [0.3, 0.4) is 0 Å². The van der Waals surface area contributed by atoms with Crippen LogP contribution in [0.1, 0.15) is 39.5 Å². The third-order valence-corrected chi connectivity index (χ3v) is 5.55. The van der Waals surface area contributed by atoms with E-state index in [1.807, 2.05) is 0 Å². The standard InChI is InChI=1S/C22H31F2N3O4/c1-14(2)9-17-12-26(7-8-27(17)21(29)11-20(25)28)16-5-6-18(31-22(23)24)19(10-16)30-13-15-3-4-15/h5-6,10,14-15,17,22H,3-4,7-9,11-13H2,1-2H3,(H2,25,28). The van der Waals surface area contributed by atoms with E-state index < -0.39 is 12.5 Å². The van der Waals surface area contributed by atoms with Crippen LogP contribution in [0.4, 0.5) is 14.5 Å². The highest BCUT2D eigenvalue weighted by Gasteiger charge is 2.32. The van der Waals surface area contributed by atoms with Crippen molar-refractivity contribution < 1.29 is 27.8 Å². The molecular formula is C22H31F2N3O4. The molecule has 2 fully saturated rings. The molecule has 9 heteroatoms. The molecule has 1 atom stereocenters. The quantitative estimate of drug-likeness (QED) is 0.567. The summed E-state index contributed by atoms with van der Waals surface area (Å²) in [4.78, 5) is 27.6. The molecule has 0 spiro atoms. The van der Waals surface area contributed by atoms with Crippen molar-refractivity contribution in [1.82, 2.24) is 4.90 Å². The van der Waals surface area contributed by atoms with Gasteiger partial charge < -0.3 is 25.0 Å². The molecule has 1 aromatic rings. The molecule has 1 saturated heterocycles. The van der Waals surface area contributed by atoms with Crippen molar-refractivity contribution in [3.05, 3.63) is 18.2 Å². The predicted octanol–water partition coefficient (Wildman–Crippen LogP) is 3.02. The first-order valence-electron chi connectivity index (χ1n) is 10.8. The summed E-state index contributed by atoms with van der Waals surface area (Å²) in [5.74, 6) is 0.256. The molecule has 1 aliphatic heterocycles. The average molecular weight is 440 g/mol. The van der Waals surface area contributed by atoms with E-state index in [2.05, 4.69) is 23.5 Å². The lowest BCUT2D eigenvalue weighted by Gasteiger charge is -2.43. The summed E-state index contributed by atoms with van der Waals surface area (Å²) >= 11 is 0. The second kappa shape index (κ2) is 10.2. The zero-order valence-corrected chi connectivity index (χ0v) is 18.1. The molecule has 0 bridgehead atoms. The van der Waals surface area contributed by atoms with Crippen LogP contribution < -0.4 is 20.1 Å². The summed E-state index contributed by atoms with van der Waals surface area (Å²) in [6, 6.07) is 4.89. The molecule has 3 rings (SSSR count). The molecule has 172 valence electrons. The minimum absolute atomic E-state index is 0.0217. The van der Waals surface area contributed by atoms with Crippen molar-refractivity contribution in [1.29, 1.82) is 0 Å². The zero-order valence-electron chi connectivity index (χ0n) is 18.1. The highest BCUT2D eigenvalue weighted by atomic mass is 19.3. The number of hydrogen-bond acceptors (Lipinski definition) is 5. The number of alkyl halides is 2. The molecule has 7 nitrogen and oxygen atoms in total. The molecule has 31 heavy (non-hydrogen) atoms. The summed E-state index contributed by atoms with van der Waals surface area (Å²) in [6.45, 7) is 3.29. The lowest BCUT2D eigenvalue weighted by atomic mass is 9.99. The molecule has 2 N–H and O–H groups in total. The maximum Gasteiger partial charge on any atom is 0.387 e. The van der Waals surface area contributed by atoms with E-state index in [-0.39, 0.29) is 24.1 Å². The van der Waals surface area contributed by atoms with Gasteiger partial charge in [0, 0.05) is 37.4 Å². The maximum atomic E-state index is 12.8. The molecule has 2 amide bonds. The van der Waals surface area contributed by atoms with Crippen molar-refractivity contribution in [2.45, 2.75) is 52.2 Å². The van der Waals surface area contributed by atoms with E-state index in [0.29, 0.717) is 43.8 Å². The lowest BCUT2D eigenvalue weighted by molar-refractivity contribution is -0.137. The van der Waals surface area contributed by atoms with E-state index in [4.69, 9.17) is 10.5 Å². The highest BCUT2D eigenvalue weighted by molar-refractivity contribution is 5.96. The number of primary amides is 1. The number of nitrogens with zero attached hydrogens (tertiary/aromatic N) is 2. The van der Waals surface area contributed by atoms with Gasteiger partial charge in [0.2, 0.25) is 11.8 Å². The van der Waals surface area contributed by atoms with E-state index in [1.165, 1.54) is 6.07 Å². The minimum Gasteiger partial charge on any atom is -0.489 e. The van der Waals surface area contributed by atoms with E-state index in [0.717, 1.165) is 24.9 Å². The molecule has 1 aliphatic carbocycles. The van der Waals surface area contributed by atoms with Crippen molar-refractivity contribution in [3.63, 3.8) is 0 Å². The number of carbonyl (C=O) groups is 2. The summed E-state index contributed by atoms with van der Waals surface area (Å²) in [5, 5.41) is 0. The van der Waals surface area contributed by atoms with Gasteiger partial charge in [0.15, 0.2) is 11.5 Å². The predicted molar refractivity (Wildman–Crippen MR) is 112 cm³/mol. The Morgan fingerprint density at radius 2 is 1.94 bits per heavy atom. The average Bonchev–Trinajstić information content (AvgIpc) is 3.50.